The van der Waals surface area contributed by atoms with Crippen LogP contribution < -0.4 is 16.5 Å². The van der Waals surface area contributed by atoms with Gasteiger partial charge >= 0.3 is 0 Å². The van der Waals surface area contributed by atoms with Crippen molar-refractivity contribution < 1.29 is 14.4 Å². The molecular weight excluding hydrogens is 366 g/mol. The highest BCUT2D eigenvalue weighted by atomic mass is 16.6. The summed E-state index contributed by atoms with van der Waals surface area (Å²) in [4.78, 5) is 29.2. The zero-order valence-electron chi connectivity index (χ0n) is 17.9. The van der Waals surface area contributed by atoms with Gasteiger partial charge in [-0.1, -0.05) is 19.9 Å². The summed E-state index contributed by atoms with van der Waals surface area (Å²) in [6.07, 6.45) is 10.4. The van der Waals surface area contributed by atoms with Crippen LogP contribution in [0.25, 0.3) is 0 Å². The number of carbonyl (C=O) groups is 2. The molecule has 29 heavy (non-hydrogen) atoms. The molecule has 0 saturated heterocycles. The van der Waals surface area contributed by atoms with Crippen LogP contribution in [0.5, 0.6) is 0 Å². The summed E-state index contributed by atoms with van der Waals surface area (Å²) < 4.78 is 0. The molecule has 0 aromatic carbocycles. The van der Waals surface area contributed by atoms with E-state index in [9.17, 15) is 9.59 Å². The van der Waals surface area contributed by atoms with Gasteiger partial charge in [0.1, 0.15) is 5.78 Å². The zero-order valence-corrected chi connectivity index (χ0v) is 17.9. The summed E-state index contributed by atoms with van der Waals surface area (Å²) >= 11 is 0. The molecule has 6 nitrogen and oxygen atoms in total. The lowest BCUT2D eigenvalue weighted by Gasteiger charge is -2.61. The number of hydrogen-bond acceptors (Lipinski definition) is 5. The Morgan fingerprint density at radius 2 is 2.07 bits per heavy atom. The largest absolute Gasteiger partial charge is 0.358 e. The lowest BCUT2D eigenvalue weighted by atomic mass is 9.44. The van der Waals surface area contributed by atoms with Gasteiger partial charge in [0, 0.05) is 30.6 Å². The molecule has 0 aromatic heterocycles. The molecule has 0 spiro atoms. The van der Waals surface area contributed by atoms with Gasteiger partial charge in [0.25, 0.3) is 0 Å². The van der Waals surface area contributed by atoms with Gasteiger partial charge in [-0.25, -0.2) is 0 Å². The first-order valence-electron chi connectivity index (χ1n) is 11.4. The van der Waals surface area contributed by atoms with Crippen LogP contribution in [0, 0.1) is 40.4 Å². The van der Waals surface area contributed by atoms with Crippen LogP contribution in [-0.4, -0.2) is 31.9 Å². The number of amides is 1. The number of allylic oxidation sites excluding steroid dienone is 2. The van der Waals surface area contributed by atoms with E-state index in [4.69, 9.17) is 10.6 Å². The molecule has 0 radical (unpaired) electrons. The molecule has 3 saturated carbocycles. The Balaban J connectivity index is 1.62. The minimum Gasteiger partial charge on any atom is -0.358 e. The van der Waals surface area contributed by atoms with Crippen molar-refractivity contribution in [1.29, 1.82) is 0 Å². The molecule has 162 valence electrons. The van der Waals surface area contributed by atoms with Crippen LogP contribution in [0.2, 0.25) is 0 Å². The maximum Gasteiger partial charge on any atom is 0.207 e. The summed E-state index contributed by atoms with van der Waals surface area (Å²) in [5.74, 6) is 3.07. The highest BCUT2D eigenvalue weighted by molar-refractivity contribution is 5.87. The van der Waals surface area contributed by atoms with Gasteiger partial charge < -0.3 is 11.1 Å². The fourth-order valence-corrected chi connectivity index (χ4v) is 7.57. The van der Waals surface area contributed by atoms with Crippen molar-refractivity contribution in [3.05, 3.63) is 11.8 Å². The predicted molar refractivity (Wildman–Crippen MR) is 111 cm³/mol. The smallest absolute Gasteiger partial charge is 0.207 e. The van der Waals surface area contributed by atoms with Gasteiger partial charge in [0.2, 0.25) is 6.41 Å². The molecule has 2 unspecified atom stereocenters. The molecule has 7 atom stereocenters. The second-order valence-corrected chi connectivity index (χ2v) is 10.3. The van der Waals surface area contributed by atoms with Crippen LogP contribution in [0.1, 0.15) is 58.8 Å². The number of Topliss-reactive ketones (excluding diaryl/α,β-unsaturated/α-hetero) is 1. The molecular formula is C23H37N3O3. The first-order chi connectivity index (χ1) is 13.9. The molecule has 0 aromatic rings. The van der Waals surface area contributed by atoms with Crippen LogP contribution in [0.3, 0.4) is 0 Å². The number of nitrogens with two attached hydrogens (primary N) is 1. The molecule has 6 heteroatoms. The average molecular weight is 404 g/mol. The summed E-state index contributed by atoms with van der Waals surface area (Å²) in [5, 5.41) is 2.96. The summed E-state index contributed by atoms with van der Waals surface area (Å²) in [5.41, 5.74) is 9.90. The third-order valence-electron chi connectivity index (χ3n) is 9.04. The van der Waals surface area contributed by atoms with Crippen molar-refractivity contribution >= 4 is 12.2 Å². The monoisotopic (exact) mass is 403 g/mol. The zero-order chi connectivity index (χ0) is 20.6. The number of fused-ring (bicyclic) bond motifs is 5. The Morgan fingerprint density at radius 3 is 2.83 bits per heavy atom. The van der Waals surface area contributed by atoms with Gasteiger partial charge in [-0.2, -0.15) is 0 Å². The van der Waals surface area contributed by atoms with Crippen LogP contribution in [0.4, 0.5) is 0 Å². The Labute approximate surface area is 174 Å². The van der Waals surface area contributed by atoms with E-state index in [2.05, 4.69) is 30.7 Å². The minimum absolute atomic E-state index is 0.111. The SMILES string of the molecule is C[C@]12CCC(NOCCN)=CC1C(CNC=O)C[C@@H]1[C@H]2CC[C@]2(C)C(=O)CC[C@@H]12. The topological polar surface area (TPSA) is 93.4 Å². The van der Waals surface area contributed by atoms with E-state index >= 15 is 0 Å². The van der Waals surface area contributed by atoms with Crippen LogP contribution in [-0.2, 0) is 14.4 Å². The average Bonchev–Trinajstić information content (AvgIpc) is 3.01. The second kappa shape index (κ2) is 8.03. The lowest BCUT2D eigenvalue weighted by Crippen LogP contribution is -2.56. The lowest BCUT2D eigenvalue weighted by molar-refractivity contribution is -0.139. The molecule has 4 rings (SSSR count). The quantitative estimate of drug-likeness (QED) is 0.345. The minimum atomic E-state index is -0.111. The van der Waals surface area contributed by atoms with Gasteiger partial charge in [-0.05, 0) is 73.5 Å². The number of rotatable bonds is 7. The first-order valence-corrected chi connectivity index (χ1v) is 11.4. The third-order valence-corrected chi connectivity index (χ3v) is 9.04. The van der Waals surface area contributed by atoms with Gasteiger partial charge in [0.05, 0.1) is 6.61 Å². The molecule has 0 bridgehead atoms. The maximum atomic E-state index is 12.7. The van der Waals surface area contributed by atoms with Crippen molar-refractivity contribution in [1.82, 2.24) is 10.8 Å². The fourth-order valence-electron chi connectivity index (χ4n) is 7.57. The normalized spacial score (nSPS) is 43.6. The van der Waals surface area contributed by atoms with Crippen molar-refractivity contribution in [3.8, 4) is 0 Å². The standard InChI is InChI=1S/C23H37N3O3/c1-22-7-5-16(26-29-10-9-24)12-20(22)15(13-25-14-27)11-17-18-3-4-21(28)23(18,2)8-6-19(17)22/h12,14-15,17-20,26H,3-11,13,24H2,1-2H3,(H,25,27)/t15?,17-,18-,19+,20?,22+,23-/m0/s1. The maximum absolute atomic E-state index is 12.7. The number of hydroxylamine groups is 1. The number of hydrogen-bond donors (Lipinski definition) is 3. The highest BCUT2D eigenvalue weighted by Gasteiger charge is 2.61. The van der Waals surface area contributed by atoms with Gasteiger partial charge in [0.15, 0.2) is 0 Å². The summed E-state index contributed by atoms with van der Waals surface area (Å²) in [7, 11) is 0. The number of nitrogens with one attached hydrogen (secondary N) is 2. The molecule has 0 aliphatic heterocycles. The van der Waals surface area contributed by atoms with E-state index in [1.165, 1.54) is 0 Å². The van der Waals surface area contributed by atoms with E-state index in [0.717, 1.165) is 57.1 Å². The molecule has 4 aliphatic rings. The van der Waals surface area contributed by atoms with E-state index in [1.807, 2.05) is 0 Å². The summed E-state index contributed by atoms with van der Waals surface area (Å²) in [6, 6.07) is 0. The van der Waals surface area contributed by atoms with Crippen LogP contribution >= 0.6 is 0 Å². The van der Waals surface area contributed by atoms with Gasteiger partial charge in [-0.3, -0.25) is 19.9 Å². The highest BCUT2D eigenvalue weighted by Crippen LogP contribution is 2.66. The van der Waals surface area contributed by atoms with Crippen LogP contribution in [0.15, 0.2) is 11.8 Å². The van der Waals surface area contributed by atoms with Crippen molar-refractivity contribution in [3.63, 3.8) is 0 Å². The molecule has 0 heterocycles. The van der Waals surface area contributed by atoms with E-state index in [0.29, 0.717) is 55.1 Å². The fraction of sp³-hybridized carbons (Fsp3) is 0.826. The van der Waals surface area contributed by atoms with Crippen molar-refractivity contribution in [2.24, 2.45) is 46.2 Å². The first kappa shape index (κ1) is 20.9. The molecule has 3 fully saturated rings. The molecule has 4 aliphatic carbocycles. The van der Waals surface area contributed by atoms with Crippen molar-refractivity contribution in [2.75, 3.05) is 19.7 Å². The predicted octanol–water partition coefficient (Wildman–Crippen LogP) is 2.54. The van der Waals surface area contributed by atoms with E-state index in [1.54, 1.807) is 0 Å². The second-order valence-electron chi connectivity index (χ2n) is 10.3. The molecule has 1 amide bonds. The van der Waals surface area contributed by atoms with E-state index in [-0.39, 0.29) is 10.8 Å². The van der Waals surface area contributed by atoms with Crippen molar-refractivity contribution in [2.45, 2.75) is 58.8 Å². The molecule has 4 N–H and O–H groups in total. The number of carbonyl (C=O) groups excluding carboxylic acids is 2. The van der Waals surface area contributed by atoms with E-state index < -0.39 is 0 Å². The third kappa shape index (κ3) is 3.42. The summed E-state index contributed by atoms with van der Waals surface area (Å²) in [6.45, 7) is 6.39. The Hall–Kier alpha value is -1.40. The Bertz CT molecular complexity index is 680. The number of ketones is 1. The Kier molecular flexibility index (Phi) is 5.77. The van der Waals surface area contributed by atoms with Gasteiger partial charge in [-0.15, -0.1) is 0 Å². The Morgan fingerprint density at radius 1 is 1.24 bits per heavy atom.